The van der Waals surface area contributed by atoms with Crippen LogP contribution < -0.4 is 10.2 Å². The second kappa shape index (κ2) is 7.57. The molecule has 0 radical (unpaired) electrons. The molecule has 1 amide bonds. The van der Waals surface area contributed by atoms with Crippen molar-refractivity contribution in [2.75, 3.05) is 17.3 Å². The molecule has 25 heavy (non-hydrogen) atoms. The number of benzene rings is 2. The van der Waals surface area contributed by atoms with E-state index >= 15 is 0 Å². The van der Waals surface area contributed by atoms with Crippen molar-refractivity contribution in [3.8, 4) is 0 Å². The van der Waals surface area contributed by atoms with E-state index in [4.69, 9.17) is 0 Å². The first-order chi connectivity index (χ1) is 12.1. The standard InChI is InChI=1S/C20H18FN3O/c1-24(18-8-3-2-4-9-18)19-11-10-17(14-22-19)23-20(25)13-15-6-5-7-16(21)12-15/h2-12,14H,13H2,1H3,(H,23,25). The van der Waals surface area contributed by atoms with Gasteiger partial charge in [-0.25, -0.2) is 9.37 Å². The molecule has 0 fully saturated rings. The Morgan fingerprint density at radius 2 is 1.88 bits per heavy atom. The van der Waals surface area contributed by atoms with Gasteiger partial charge in [0, 0.05) is 12.7 Å². The van der Waals surface area contributed by atoms with Crippen LogP contribution in [0.2, 0.25) is 0 Å². The predicted molar refractivity (Wildman–Crippen MR) is 97.5 cm³/mol. The Morgan fingerprint density at radius 1 is 1.08 bits per heavy atom. The molecule has 3 rings (SSSR count). The van der Waals surface area contributed by atoms with E-state index in [1.54, 1.807) is 24.4 Å². The fourth-order valence-corrected chi connectivity index (χ4v) is 2.48. The summed E-state index contributed by atoms with van der Waals surface area (Å²) in [5.41, 5.74) is 2.26. The molecule has 0 unspecified atom stereocenters. The van der Waals surface area contributed by atoms with Gasteiger partial charge in [-0.15, -0.1) is 0 Å². The van der Waals surface area contributed by atoms with E-state index in [0.717, 1.165) is 11.5 Å². The van der Waals surface area contributed by atoms with E-state index in [1.807, 2.05) is 48.3 Å². The number of carbonyl (C=O) groups excluding carboxylic acids is 1. The fraction of sp³-hybridized carbons (Fsp3) is 0.100. The van der Waals surface area contributed by atoms with Crippen LogP contribution in [0.1, 0.15) is 5.56 Å². The zero-order valence-electron chi connectivity index (χ0n) is 13.8. The minimum absolute atomic E-state index is 0.115. The molecule has 2 aromatic carbocycles. The quantitative estimate of drug-likeness (QED) is 0.761. The highest BCUT2D eigenvalue weighted by Gasteiger charge is 2.07. The van der Waals surface area contributed by atoms with Crippen molar-refractivity contribution in [2.45, 2.75) is 6.42 Å². The van der Waals surface area contributed by atoms with Gasteiger partial charge in [0.15, 0.2) is 0 Å². The van der Waals surface area contributed by atoms with Crippen LogP contribution in [0.4, 0.5) is 21.6 Å². The van der Waals surface area contributed by atoms with E-state index in [0.29, 0.717) is 11.3 Å². The number of hydrogen-bond acceptors (Lipinski definition) is 3. The van der Waals surface area contributed by atoms with Crippen molar-refractivity contribution < 1.29 is 9.18 Å². The van der Waals surface area contributed by atoms with Crippen LogP contribution in [-0.4, -0.2) is 17.9 Å². The van der Waals surface area contributed by atoms with Crippen molar-refractivity contribution >= 4 is 23.1 Å². The number of amides is 1. The molecule has 4 nitrogen and oxygen atoms in total. The lowest BCUT2D eigenvalue weighted by Crippen LogP contribution is -2.15. The monoisotopic (exact) mass is 335 g/mol. The molecule has 5 heteroatoms. The van der Waals surface area contributed by atoms with Gasteiger partial charge in [-0.2, -0.15) is 0 Å². The largest absolute Gasteiger partial charge is 0.329 e. The van der Waals surface area contributed by atoms with Gasteiger partial charge in [-0.1, -0.05) is 30.3 Å². The Labute approximate surface area is 145 Å². The summed E-state index contributed by atoms with van der Waals surface area (Å²) in [5.74, 6) is 0.214. The number of aromatic nitrogens is 1. The van der Waals surface area contributed by atoms with Crippen molar-refractivity contribution in [3.05, 3.63) is 84.3 Å². The van der Waals surface area contributed by atoms with Crippen LogP contribution in [0.15, 0.2) is 72.9 Å². The number of para-hydroxylation sites is 1. The second-order valence-electron chi connectivity index (χ2n) is 5.65. The summed E-state index contributed by atoms with van der Waals surface area (Å²) in [6, 6.07) is 19.5. The van der Waals surface area contributed by atoms with Gasteiger partial charge in [0.05, 0.1) is 18.3 Å². The Bertz CT molecular complexity index is 850. The summed E-state index contributed by atoms with van der Waals surface area (Å²) in [6.45, 7) is 0. The van der Waals surface area contributed by atoms with Crippen LogP contribution in [0.25, 0.3) is 0 Å². The third-order valence-corrected chi connectivity index (χ3v) is 3.77. The lowest BCUT2D eigenvalue weighted by molar-refractivity contribution is -0.115. The maximum absolute atomic E-state index is 13.2. The number of carbonyl (C=O) groups is 1. The molecule has 0 aliphatic rings. The SMILES string of the molecule is CN(c1ccccc1)c1ccc(NC(=O)Cc2cccc(F)c2)cn1. The Morgan fingerprint density at radius 3 is 2.56 bits per heavy atom. The average Bonchev–Trinajstić information content (AvgIpc) is 2.62. The summed E-state index contributed by atoms with van der Waals surface area (Å²) in [5, 5.41) is 2.77. The molecule has 0 aliphatic carbocycles. The first kappa shape index (κ1) is 16.6. The number of hydrogen-bond donors (Lipinski definition) is 1. The molecule has 1 aromatic heterocycles. The Hall–Kier alpha value is -3.21. The summed E-state index contributed by atoms with van der Waals surface area (Å²) in [7, 11) is 1.93. The number of halogens is 1. The Balaban J connectivity index is 1.63. The predicted octanol–water partition coefficient (Wildman–Crippen LogP) is 4.17. The molecule has 0 spiro atoms. The van der Waals surface area contributed by atoms with Gasteiger partial charge in [0.2, 0.25) is 5.91 Å². The fourth-order valence-electron chi connectivity index (χ4n) is 2.48. The summed E-state index contributed by atoms with van der Waals surface area (Å²) in [6.07, 6.45) is 1.72. The minimum atomic E-state index is -0.347. The van der Waals surface area contributed by atoms with Crippen molar-refractivity contribution in [1.82, 2.24) is 4.98 Å². The van der Waals surface area contributed by atoms with Crippen LogP contribution in [-0.2, 0) is 11.2 Å². The van der Waals surface area contributed by atoms with E-state index < -0.39 is 0 Å². The highest BCUT2D eigenvalue weighted by molar-refractivity contribution is 5.92. The molecular formula is C20H18FN3O. The average molecular weight is 335 g/mol. The topological polar surface area (TPSA) is 45.2 Å². The van der Waals surface area contributed by atoms with Crippen LogP contribution in [0.3, 0.4) is 0 Å². The molecule has 0 aliphatic heterocycles. The third kappa shape index (κ3) is 4.41. The van der Waals surface area contributed by atoms with Gasteiger partial charge in [-0.05, 0) is 42.0 Å². The van der Waals surface area contributed by atoms with Crippen LogP contribution in [0, 0.1) is 5.82 Å². The number of nitrogens with zero attached hydrogens (tertiary/aromatic N) is 2. The molecule has 0 atom stereocenters. The molecule has 0 saturated carbocycles. The van der Waals surface area contributed by atoms with E-state index in [1.165, 1.54) is 12.1 Å². The molecule has 126 valence electrons. The van der Waals surface area contributed by atoms with Gasteiger partial charge in [0.1, 0.15) is 11.6 Å². The minimum Gasteiger partial charge on any atom is -0.329 e. The third-order valence-electron chi connectivity index (χ3n) is 3.77. The molecule has 1 N–H and O–H groups in total. The Kier molecular flexibility index (Phi) is 5.04. The van der Waals surface area contributed by atoms with Crippen molar-refractivity contribution in [2.24, 2.45) is 0 Å². The summed E-state index contributed by atoms with van der Waals surface area (Å²) >= 11 is 0. The number of anilines is 3. The van der Waals surface area contributed by atoms with Crippen LogP contribution >= 0.6 is 0 Å². The zero-order chi connectivity index (χ0) is 17.6. The van der Waals surface area contributed by atoms with Gasteiger partial charge in [-0.3, -0.25) is 4.79 Å². The molecule has 0 saturated heterocycles. The highest BCUT2D eigenvalue weighted by atomic mass is 19.1. The maximum Gasteiger partial charge on any atom is 0.228 e. The van der Waals surface area contributed by atoms with Gasteiger partial charge in [0.25, 0.3) is 0 Å². The second-order valence-corrected chi connectivity index (χ2v) is 5.65. The smallest absolute Gasteiger partial charge is 0.228 e. The molecular weight excluding hydrogens is 317 g/mol. The van der Waals surface area contributed by atoms with Crippen LogP contribution in [0.5, 0.6) is 0 Å². The van der Waals surface area contributed by atoms with Crippen molar-refractivity contribution in [3.63, 3.8) is 0 Å². The van der Waals surface area contributed by atoms with Gasteiger partial charge < -0.3 is 10.2 Å². The first-order valence-electron chi connectivity index (χ1n) is 7.91. The number of rotatable bonds is 5. The van der Waals surface area contributed by atoms with Gasteiger partial charge >= 0.3 is 0 Å². The number of nitrogens with one attached hydrogen (secondary N) is 1. The van der Waals surface area contributed by atoms with E-state index in [9.17, 15) is 9.18 Å². The highest BCUT2D eigenvalue weighted by Crippen LogP contribution is 2.22. The number of pyridine rings is 1. The van der Waals surface area contributed by atoms with E-state index in [2.05, 4.69) is 10.3 Å². The molecule has 0 bridgehead atoms. The molecule has 3 aromatic rings. The zero-order valence-corrected chi connectivity index (χ0v) is 13.8. The first-order valence-corrected chi connectivity index (χ1v) is 7.91. The maximum atomic E-state index is 13.2. The lowest BCUT2D eigenvalue weighted by Gasteiger charge is -2.18. The normalized spacial score (nSPS) is 10.3. The van der Waals surface area contributed by atoms with Crippen molar-refractivity contribution in [1.29, 1.82) is 0 Å². The summed E-state index contributed by atoms with van der Waals surface area (Å²) in [4.78, 5) is 18.4. The van der Waals surface area contributed by atoms with E-state index in [-0.39, 0.29) is 18.1 Å². The summed E-state index contributed by atoms with van der Waals surface area (Å²) < 4.78 is 13.2. The molecule has 1 heterocycles. The lowest BCUT2D eigenvalue weighted by atomic mass is 10.1.